The minimum Gasteiger partial charge on any atom is -0.496 e. The van der Waals surface area contributed by atoms with E-state index in [1.807, 2.05) is 71.6 Å². The Morgan fingerprint density at radius 1 is 0.972 bits per heavy atom. The molecule has 3 aromatic rings. The van der Waals surface area contributed by atoms with E-state index in [0.717, 1.165) is 46.5 Å². The van der Waals surface area contributed by atoms with Crippen molar-refractivity contribution in [3.63, 3.8) is 0 Å². The lowest BCUT2D eigenvalue weighted by atomic mass is 10.1. The Morgan fingerprint density at radius 2 is 1.67 bits per heavy atom. The maximum atomic E-state index is 12.8. The van der Waals surface area contributed by atoms with Gasteiger partial charge in [0.2, 0.25) is 5.91 Å². The number of benzene rings is 3. The second kappa shape index (κ2) is 11.9. The maximum Gasteiger partial charge on any atom is 0.253 e. The average Bonchev–Trinajstić information content (AvgIpc) is 2.92. The third-order valence-corrected chi connectivity index (χ3v) is 6.78. The molecule has 0 aliphatic carbocycles. The van der Waals surface area contributed by atoms with Gasteiger partial charge in [0.1, 0.15) is 5.75 Å². The first-order valence-corrected chi connectivity index (χ1v) is 12.8. The van der Waals surface area contributed by atoms with Crippen LogP contribution in [0.2, 0.25) is 0 Å². The lowest BCUT2D eigenvalue weighted by molar-refractivity contribution is -0.111. The van der Waals surface area contributed by atoms with Crippen LogP contribution < -0.4 is 15.0 Å². The molecule has 6 nitrogen and oxygen atoms in total. The zero-order valence-electron chi connectivity index (χ0n) is 20.5. The van der Waals surface area contributed by atoms with E-state index < -0.39 is 0 Å². The fourth-order valence-electron chi connectivity index (χ4n) is 4.17. The summed E-state index contributed by atoms with van der Waals surface area (Å²) in [5, 5.41) is 2.89. The number of methoxy groups -OCH3 is 1. The summed E-state index contributed by atoms with van der Waals surface area (Å²) in [6.07, 6.45) is 4.18. The molecule has 0 spiro atoms. The van der Waals surface area contributed by atoms with E-state index in [2.05, 4.69) is 33.1 Å². The number of aryl methyl sites for hydroxylation is 1. The predicted molar refractivity (Wildman–Crippen MR) is 149 cm³/mol. The highest BCUT2D eigenvalue weighted by Crippen LogP contribution is 2.24. The SMILES string of the molecule is CCc1ccc(C(=O)N2CCN(c3ccc(NC(=O)/C=C/c4cc(Br)ccc4OC)cc3)CC2)cc1. The Bertz CT molecular complexity index is 1230. The molecule has 186 valence electrons. The molecule has 1 N–H and O–H groups in total. The standard InChI is InChI=1S/C29H30BrN3O3/c1-3-21-4-6-22(7-5-21)29(35)33-18-16-32(17-19-33)26-12-10-25(11-13-26)31-28(34)15-8-23-20-24(30)9-14-27(23)36-2/h4-15,20H,3,16-19H2,1-2H3,(H,31,34)/b15-8+. The van der Waals surface area contributed by atoms with Gasteiger partial charge in [-0.25, -0.2) is 0 Å². The number of piperazine rings is 1. The molecule has 1 aliphatic rings. The smallest absolute Gasteiger partial charge is 0.253 e. The van der Waals surface area contributed by atoms with Crippen molar-refractivity contribution in [2.45, 2.75) is 13.3 Å². The van der Waals surface area contributed by atoms with E-state index in [9.17, 15) is 9.59 Å². The zero-order chi connectivity index (χ0) is 25.5. The fourth-order valence-corrected chi connectivity index (χ4v) is 4.55. The van der Waals surface area contributed by atoms with Crippen molar-refractivity contribution in [1.29, 1.82) is 0 Å². The molecule has 0 saturated carbocycles. The highest BCUT2D eigenvalue weighted by molar-refractivity contribution is 9.10. The lowest BCUT2D eigenvalue weighted by Crippen LogP contribution is -2.48. The van der Waals surface area contributed by atoms with Gasteiger partial charge >= 0.3 is 0 Å². The van der Waals surface area contributed by atoms with Gasteiger partial charge in [0.05, 0.1) is 7.11 Å². The molecule has 4 rings (SSSR count). The van der Waals surface area contributed by atoms with Gasteiger partial charge in [-0.3, -0.25) is 9.59 Å². The summed E-state index contributed by atoms with van der Waals surface area (Å²) in [5.74, 6) is 0.565. The molecule has 0 atom stereocenters. The Hall–Kier alpha value is -3.58. The predicted octanol–water partition coefficient (Wildman–Crippen LogP) is 5.63. The van der Waals surface area contributed by atoms with Gasteiger partial charge in [-0.1, -0.05) is 35.0 Å². The highest BCUT2D eigenvalue weighted by atomic mass is 79.9. The summed E-state index contributed by atoms with van der Waals surface area (Å²) in [6.45, 7) is 4.99. The summed E-state index contributed by atoms with van der Waals surface area (Å²) in [4.78, 5) is 29.4. The molecule has 7 heteroatoms. The van der Waals surface area contributed by atoms with Crippen LogP contribution in [0, 0.1) is 0 Å². The third-order valence-electron chi connectivity index (χ3n) is 6.28. The first kappa shape index (κ1) is 25.5. The fraction of sp³-hybridized carbons (Fsp3) is 0.241. The van der Waals surface area contributed by atoms with Crippen molar-refractivity contribution < 1.29 is 14.3 Å². The number of hydrogen-bond acceptors (Lipinski definition) is 4. The highest BCUT2D eigenvalue weighted by Gasteiger charge is 2.22. The van der Waals surface area contributed by atoms with Gasteiger partial charge in [-0.15, -0.1) is 0 Å². The van der Waals surface area contributed by atoms with Crippen LogP contribution in [0.1, 0.15) is 28.4 Å². The van der Waals surface area contributed by atoms with Crippen molar-refractivity contribution in [3.8, 4) is 5.75 Å². The topological polar surface area (TPSA) is 61.9 Å². The van der Waals surface area contributed by atoms with Gasteiger partial charge in [0, 0.05) is 59.2 Å². The normalized spacial score (nSPS) is 13.6. The Balaban J connectivity index is 1.30. The Kier molecular flexibility index (Phi) is 8.44. The Morgan fingerprint density at radius 3 is 2.31 bits per heavy atom. The van der Waals surface area contributed by atoms with Crippen LogP contribution in [-0.4, -0.2) is 50.0 Å². The number of amides is 2. The summed E-state index contributed by atoms with van der Waals surface area (Å²) in [7, 11) is 1.60. The molecular formula is C29H30BrN3O3. The van der Waals surface area contributed by atoms with Crippen molar-refractivity contribution >= 4 is 45.2 Å². The van der Waals surface area contributed by atoms with Crippen molar-refractivity contribution in [3.05, 3.63) is 94.0 Å². The summed E-state index contributed by atoms with van der Waals surface area (Å²) >= 11 is 3.44. The summed E-state index contributed by atoms with van der Waals surface area (Å²) in [5.41, 5.74) is 4.58. The van der Waals surface area contributed by atoms with Crippen LogP contribution in [0.5, 0.6) is 5.75 Å². The van der Waals surface area contributed by atoms with Crippen LogP contribution in [0.3, 0.4) is 0 Å². The number of halogens is 1. The van der Waals surface area contributed by atoms with Gasteiger partial charge in [-0.2, -0.15) is 0 Å². The number of rotatable bonds is 7. The number of nitrogens with one attached hydrogen (secondary N) is 1. The molecule has 2 amide bonds. The number of hydrogen-bond donors (Lipinski definition) is 1. The molecule has 3 aromatic carbocycles. The number of carbonyl (C=O) groups excluding carboxylic acids is 2. The van der Waals surface area contributed by atoms with Crippen LogP contribution >= 0.6 is 15.9 Å². The number of anilines is 2. The molecule has 1 saturated heterocycles. The number of nitrogens with zero attached hydrogens (tertiary/aromatic N) is 2. The molecule has 0 aromatic heterocycles. The summed E-state index contributed by atoms with van der Waals surface area (Å²) in [6, 6.07) is 21.3. The second-order valence-electron chi connectivity index (χ2n) is 8.59. The van der Waals surface area contributed by atoms with E-state index in [4.69, 9.17) is 4.74 Å². The monoisotopic (exact) mass is 547 g/mol. The molecule has 0 bridgehead atoms. The molecule has 36 heavy (non-hydrogen) atoms. The van der Waals surface area contributed by atoms with Gasteiger partial charge in [0.15, 0.2) is 0 Å². The molecule has 0 radical (unpaired) electrons. The van der Waals surface area contributed by atoms with E-state index in [-0.39, 0.29) is 11.8 Å². The van der Waals surface area contributed by atoms with E-state index in [0.29, 0.717) is 18.8 Å². The summed E-state index contributed by atoms with van der Waals surface area (Å²) < 4.78 is 6.25. The van der Waals surface area contributed by atoms with Crippen LogP contribution in [0.15, 0.2) is 77.3 Å². The minimum absolute atomic E-state index is 0.0869. The van der Waals surface area contributed by atoms with E-state index >= 15 is 0 Å². The van der Waals surface area contributed by atoms with Crippen molar-refractivity contribution in [2.24, 2.45) is 0 Å². The number of ether oxygens (including phenoxy) is 1. The van der Waals surface area contributed by atoms with Gasteiger partial charge in [0.25, 0.3) is 5.91 Å². The van der Waals surface area contributed by atoms with Gasteiger partial charge in [-0.05, 0) is 72.7 Å². The van der Waals surface area contributed by atoms with E-state index in [1.54, 1.807) is 13.2 Å². The van der Waals surface area contributed by atoms with Crippen LogP contribution in [0.4, 0.5) is 11.4 Å². The number of carbonyl (C=O) groups is 2. The average molecular weight is 548 g/mol. The lowest BCUT2D eigenvalue weighted by Gasteiger charge is -2.36. The molecular weight excluding hydrogens is 518 g/mol. The van der Waals surface area contributed by atoms with Gasteiger partial charge < -0.3 is 19.9 Å². The van der Waals surface area contributed by atoms with Crippen molar-refractivity contribution in [2.75, 3.05) is 43.5 Å². The molecule has 0 unspecified atom stereocenters. The van der Waals surface area contributed by atoms with Crippen molar-refractivity contribution in [1.82, 2.24) is 4.90 Å². The maximum absolute atomic E-state index is 12.8. The minimum atomic E-state index is -0.219. The molecule has 1 aliphatic heterocycles. The molecule has 1 fully saturated rings. The largest absolute Gasteiger partial charge is 0.496 e. The molecule has 1 heterocycles. The van der Waals surface area contributed by atoms with Crippen LogP contribution in [0.25, 0.3) is 6.08 Å². The zero-order valence-corrected chi connectivity index (χ0v) is 22.1. The van der Waals surface area contributed by atoms with Crippen LogP contribution in [-0.2, 0) is 11.2 Å². The third kappa shape index (κ3) is 6.34. The quantitative estimate of drug-likeness (QED) is 0.389. The van der Waals surface area contributed by atoms with E-state index in [1.165, 1.54) is 11.6 Å². The first-order chi connectivity index (χ1) is 17.5. The second-order valence-corrected chi connectivity index (χ2v) is 9.50. The Labute approximate surface area is 220 Å². The first-order valence-electron chi connectivity index (χ1n) is 12.0.